The Morgan fingerprint density at radius 1 is 1.29 bits per heavy atom. The number of rotatable bonds is 3. The molecule has 0 aliphatic heterocycles. The lowest BCUT2D eigenvalue weighted by atomic mass is 10.3. The molecule has 0 amide bonds. The number of ether oxygens (including phenoxy) is 1. The highest BCUT2D eigenvalue weighted by Gasteiger charge is 2.13. The fourth-order valence-electron chi connectivity index (χ4n) is 1.27. The zero-order valence-corrected chi connectivity index (χ0v) is 11.3. The van der Waals surface area contributed by atoms with Crippen molar-refractivity contribution in [2.24, 2.45) is 0 Å². The first kappa shape index (κ1) is 12.1. The van der Waals surface area contributed by atoms with Crippen LogP contribution >= 0.6 is 27.7 Å². The molecule has 0 N–H and O–H groups in total. The van der Waals surface area contributed by atoms with E-state index in [1.54, 1.807) is 31.6 Å². The van der Waals surface area contributed by atoms with E-state index < -0.39 is 0 Å². The monoisotopic (exact) mass is 313 g/mol. The van der Waals surface area contributed by atoms with E-state index in [4.69, 9.17) is 16.5 Å². The molecule has 6 heteroatoms. The van der Waals surface area contributed by atoms with E-state index in [2.05, 4.69) is 25.9 Å². The molecule has 0 bridgehead atoms. The first-order chi connectivity index (χ1) is 8.22. The van der Waals surface area contributed by atoms with Crippen LogP contribution in [0.5, 0.6) is 5.75 Å². The molecule has 17 heavy (non-hydrogen) atoms. The van der Waals surface area contributed by atoms with E-state index >= 15 is 0 Å². The Morgan fingerprint density at radius 3 is 2.65 bits per heavy atom. The van der Waals surface area contributed by atoms with Gasteiger partial charge in [0.15, 0.2) is 0 Å². The Morgan fingerprint density at radius 2 is 2.00 bits per heavy atom. The smallest absolute Gasteiger partial charge is 0.245 e. The number of anilines is 2. The first-order valence-electron chi connectivity index (χ1n) is 4.79. The van der Waals surface area contributed by atoms with E-state index in [1.165, 1.54) is 4.42 Å². The second-order valence-electron chi connectivity index (χ2n) is 3.15. The second kappa shape index (κ2) is 5.33. The lowest BCUT2D eigenvalue weighted by molar-refractivity contribution is 0.415. The normalized spacial score (nSPS) is 10.1. The van der Waals surface area contributed by atoms with Crippen LogP contribution in [0.2, 0.25) is 0 Å². The van der Waals surface area contributed by atoms with Gasteiger partial charge in [-0.3, -0.25) is 0 Å². The Labute approximate surface area is 112 Å². The molecule has 0 saturated heterocycles. The predicted molar refractivity (Wildman–Crippen MR) is 70.7 cm³/mol. The molecule has 2 aromatic rings. The van der Waals surface area contributed by atoms with Gasteiger partial charge < -0.3 is 4.74 Å². The van der Waals surface area contributed by atoms with Crippen molar-refractivity contribution in [1.29, 1.82) is 0 Å². The van der Waals surface area contributed by atoms with Gasteiger partial charge in [-0.2, -0.15) is 0 Å². The van der Waals surface area contributed by atoms with Crippen LogP contribution in [-0.4, -0.2) is 17.1 Å². The van der Waals surface area contributed by atoms with Crippen molar-refractivity contribution < 1.29 is 4.74 Å². The van der Waals surface area contributed by atoms with Crippen molar-refractivity contribution in [3.05, 3.63) is 41.1 Å². The van der Waals surface area contributed by atoms with Gasteiger partial charge in [0.05, 0.1) is 12.8 Å². The zero-order valence-electron chi connectivity index (χ0n) is 8.97. The molecule has 0 unspecified atom stereocenters. The standard InChI is InChI=1S/C11H9BrClN3O/c1-17-8-3-4-9(12)10(7-8)16(13)11-14-5-2-6-15-11/h2-7H,1H3. The largest absolute Gasteiger partial charge is 0.497 e. The van der Waals surface area contributed by atoms with Crippen LogP contribution in [0.25, 0.3) is 0 Å². The van der Waals surface area contributed by atoms with E-state index in [9.17, 15) is 0 Å². The summed E-state index contributed by atoms with van der Waals surface area (Å²) >= 11 is 9.61. The number of nitrogens with zero attached hydrogens (tertiary/aromatic N) is 3. The van der Waals surface area contributed by atoms with Gasteiger partial charge >= 0.3 is 0 Å². The Kier molecular flexibility index (Phi) is 3.81. The van der Waals surface area contributed by atoms with Crippen molar-refractivity contribution in [2.45, 2.75) is 0 Å². The molecule has 1 heterocycles. The molecule has 4 nitrogen and oxygen atoms in total. The number of benzene rings is 1. The third kappa shape index (κ3) is 2.68. The van der Waals surface area contributed by atoms with Crippen LogP contribution in [0.3, 0.4) is 0 Å². The van der Waals surface area contributed by atoms with Crippen LogP contribution in [0.4, 0.5) is 11.6 Å². The molecule has 1 aromatic carbocycles. The summed E-state index contributed by atoms with van der Waals surface area (Å²) in [5, 5.41) is 0. The summed E-state index contributed by atoms with van der Waals surface area (Å²) < 4.78 is 7.35. The van der Waals surface area contributed by atoms with Gasteiger partial charge in [0, 0.05) is 34.7 Å². The third-order valence-electron chi connectivity index (χ3n) is 2.09. The highest BCUT2D eigenvalue weighted by Crippen LogP contribution is 2.34. The van der Waals surface area contributed by atoms with Crippen molar-refractivity contribution in [3.63, 3.8) is 0 Å². The molecule has 0 atom stereocenters. The minimum absolute atomic E-state index is 0.406. The molecule has 2 rings (SSSR count). The van der Waals surface area contributed by atoms with Gasteiger partial charge in [-0.15, -0.1) is 0 Å². The summed E-state index contributed by atoms with van der Waals surface area (Å²) in [6, 6.07) is 7.22. The maximum absolute atomic E-state index is 6.19. The van der Waals surface area contributed by atoms with Crippen molar-refractivity contribution >= 4 is 39.3 Å². The molecule has 0 spiro atoms. The number of hydrogen-bond acceptors (Lipinski definition) is 4. The van der Waals surface area contributed by atoms with Crippen molar-refractivity contribution in [2.75, 3.05) is 11.5 Å². The van der Waals surface area contributed by atoms with Crippen LogP contribution in [-0.2, 0) is 0 Å². The topological polar surface area (TPSA) is 38.2 Å². The summed E-state index contributed by atoms with van der Waals surface area (Å²) in [5.74, 6) is 1.12. The maximum Gasteiger partial charge on any atom is 0.245 e. The van der Waals surface area contributed by atoms with Crippen LogP contribution in [0.1, 0.15) is 0 Å². The van der Waals surface area contributed by atoms with E-state index in [1.807, 2.05) is 12.1 Å². The van der Waals surface area contributed by atoms with Gasteiger partial charge in [0.1, 0.15) is 5.75 Å². The quantitative estimate of drug-likeness (QED) is 0.812. The zero-order chi connectivity index (χ0) is 12.3. The molecule has 0 radical (unpaired) electrons. The Hall–Kier alpha value is -1.33. The minimum Gasteiger partial charge on any atom is -0.497 e. The van der Waals surface area contributed by atoms with Crippen molar-refractivity contribution in [1.82, 2.24) is 9.97 Å². The number of hydrogen-bond donors (Lipinski definition) is 0. The molecule has 0 aliphatic carbocycles. The summed E-state index contributed by atoms with van der Waals surface area (Å²) in [5.41, 5.74) is 0.720. The lowest BCUT2D eigenvalue weighted by Crippen LogP contribution is -2.06. The molecule has 0 fully saturated rings. The van der Waals surface area contributed by atoms with Gasteiger partial charge in [-0.1, -0.05) is 0 Å². The maximum atomic E-state index is 6.19. The fraction of sp³-hybridized carbons (Fsp3) is 0.0909. The molecule has 1 aromatic heterocycles. The Bertz CT molecular complexity index is 509. The molecular formula is C11H9BrClN3O. The van der Waals surface area contributed by atoms with Crippen LogP contribution in [0, 0.1) is 0 Å². The average Bonchev–Trinajstić information content (AvgIpc) is 2.39. The molecule has 0 saturated carbocycles. The molecular weight excluding hydrogens is 305 g/mol. The van der Waals surface area contributed by atoms with Gasteiger partial charge in [0.2, 0.25) is 5.95 Å². The lowest BCUT2D eigenvalue weighted by Gasteiger charge is -2.15. The molecule has 88 valence electrons. The van der Waals surface area contributed by atoms with E-state index in [-0.39, 0.29) is 0 Å². The van der Waals surface area contributed by atoms with Crippen LogP contribution < -0.4 is 9.16 Å². The van der Waals surface area contributed by atoms with Crippen LogP contribution in [0.15, 0.2) is 41.1 Å². The first-order valence-corrected chi connectivity index (χ1v) is 5.92. The highest BCUT2D eigenvalue weighted by atomic mass is 79.9. The highest BCUT2D eigenvalue weighted by molar-refractivity contribution is 9.10. The molecule has 0 aliphatic rings. The second-order valence-corrected chi connectivity index (χ2v) is 4.34. The number of methoxy groups -OCH3 is 1. The van der Waals surface area contributed by atoms with Gasteiger partial charge in [0.25, 0.3) is 0 Å². The Balaban J connectivity index is 2.40. The summed E-state index contributed by atoms with van der Waals surface area (Å²) in [4.78, 5) is 8.15. The van der Waals surface area contributed by atoms with E-state index in [0.29, 0.717) is 11.7 Å². The minimum atomic E-state index is 0.406. The number of halogens is 2. The fourth-order valence-corrected chi connectivity index (χ4v) is 2.02. The van der Waals surface area contributed by atoms with E-state index in [0.717, 1.165) is 10.2 Å². The number of aromatic nitrogens is 2. The summed E-state index contributed by atoms with van der Waals surface area (Å²) in [7, 11) is 1.60. The SMILES string of the molecule is COc1ccc(Br)c(N(Cl)c2ncccn2)c1. The predicted octanol–water partition coefficient (Wildman–Crippen LogP) is 3.54. The van der Waals surface area contributed by atoms with Gasteiger partial charge in [-0.25, -0.2) is 14.4 Å². The third-order valence-corrected chi connectivity index (χ3v) is 3.10. The van der Waals surface area contributed by atoms with Gasteiger partial charge in [-0.05, 0) is 34.1 Å². The average molecular weight is 315 g/mol. The summed E-state index contributed by atoms with van der Waals surface area (Å²) in [6.45, 7) is 0. The van der Waals surface area contributed by atoms with Crippen molar-refractivity contribution in [3.8, 4) is 5.75 Å². The summed E-state index contributed by atoms with van der Waals surface area (Å²) in [6.07, 6.45) is 3.26.